The quantitative estimate of drug-likeness (QED) is 0.761. The summed E-state index contributed by atoms with van der Waals surface area (Å²) < 4.78 is 5.50. The second-order valence-electron chi connectivity index (χ2n) is 3.20. The maximum atomic E-state index is 9.31. The highest BCUT2D eigenvalue weighted by Crippen LogP contribution is 2.21. The first-order chi connectivity index (χ1) is 6.72. The summed E-state index contributed by atoms with van der Waals surface area (Å²) in [5.74, 6) is 2.13. The molecule has 0 aliphatic carbocycles. The third-order valence-electron chi connectivity index (χ3n) is 1.80. The van der Waals surface area contributed by atoms with E-state index in [-0.39, 0.29) is 5.75 Å². The average Bonchev–Trinajstić information content (AvgIpc) is 2.11. The first-order valence-electron chi connectivity index (χ1n) is 4.65. The lowest BCUT2D eigenvalue weighted by molar-refractivity contribution is 0.316. The predicted octanol–water partition coefficient (Wildman–Crippen LogP) is 2.83. The van der Waals surface area contributed by atoms with E-state index in [1.165, 1.54) is 0 Å². The van der Waals surface area contributed by atoms with Gasteiger partial charge in [0.15, 0.2) is 0 Å². The maximum Gasteiger partial charge on any atom is 0.123 e. The van der Waals surface area contributed by atoms with Gasteiger partial charge in [0.05, 0.1) is 6.61 Å². The van der Waals surface area contributed by atoms with E-state index in [9.17, 15) is 5.11 Å². The zero-order valence-electron chi connectivity index (χ0n) is 8.62. The number of thioether (sulfide) groups is 1. The Hall–Kier alpha value is -0.830. The molecule has 0 unspecified atom stereocenters. The monoisotopic (exact) mass is 212 g/mol. The summed E-state index contributed by atoms with van der Waals surface area (Å²) in [6, 6.07) is 5.29. The van der Waals surface area contributed by atoms with Crippen LogP contribution in [0, 0.1) is 6.92 Å². The molecule has 0 aliphatic rings. The van der Waals surface area contributed by atoms with Crippen molar-refractivity contribution in [3.8, 4) is 11.5 Å². The molecule has 3 heteroatoms. The number of phenolic OH excluding ortho intramolecular Hbond substituents is 1. The van der Waals surface area contributed by atoms with Crippen molar-refractivity contribution in [2.24, 2.45) is 0 Å². The molecule has 0 bridgehead atoms. The maximum absolute atomic E-state index is 9.31. The molecule has 0 radical (unpaired) electrons. The predicted molar refractivity (Wildman–Crippen MR) is 61.3 cm³/mol. The van der Waals surface area contributed by atoms with E-state index in [0.29, 0.717) is 6.61 Å². The summed E-state index contributed by atoms with van der Waals surface area (Å²) in [5.41, 5.74) is 1.02. The Morgan fingerprint density at radius 3 is 2.79 bits per heavy atom. The molecule has 0 saturated carbocycles. The number of hydrogen-bond donors (Lipinski definition) is 1. The van der Waals surface area contributed by atoms with E-state index < -0.39 is 0 Å². The molecule has 0 fully saturated rings. The molecule has 0 amide bonds. The Morgan fingerprint density at radius 1 is 1.36 bits per heavy atom. The van der Waals surface area contributed by atoms with Crippen LogP contribution >= 0.6 is 11.8 Å². The largest absolute Gasteiger partial charge is 0.508 e. The van der Waals surface area contributed by atoms with E-state index in [2.05, 4.69) is 6.26 Å². The van der Waals surface area contributed by atoms with Crippen LogP contribution in [0.5, 0.6) is 11.5 Å². The summed E-state index contributed by atoms with van der Waals surface area (Å²) in [4.78, 5) is 0. The molecule has 0 heterocycles. The van der Waals surface area contributed by atoms with Gasteiger partial charge >= 0.3 is 0 Å². The summed E-state index contributed by atoms with van der Waals surface area (Å²) in [6.07, 6.45) is 3.12. The standard InChI is InChI=1S/C11H16O2S/c1-9-6-10(12)8-11(7-9)13-4-3-5-14-2/h6-8,12H,3-5H2,1-2H3. The van der Waals surface area contributed by atoms with E-state index >= 15 is 0 Å². The lowest BCUT2D eigenvalue weighted by Gasteiger charge is -2.06. The average molecular weight is 212 g/mol. The van der Waals surface area contributed by atoms with E-state index in [1.807, 2.05) is 24.8 Å². The number of phenols is 1. The highest BCUT2D eigenvalue weighted by atomic mass is 32.2. The van der Waals surface area contributed by atoms with E-state index in [4.69, 9.17) is 4.74 Å². The topological polar surface area (TPSA) is 29.5 Å². The molecule has 0 atom stereocenters. The van der Waals surface area contributed by atoms with Crippen LogP contribution < -0.4 is 4.74 Å². The van der Waals surface area contributed by atoms with Gasteiger partial charge < -0.3 is 9.84 Å². The minimum atomic E-state index is 0.268. The van der Waals surface area contributed by atoms with Crippen LogP contribution in [-0.4, -0.2) is 23.7 Å². The summed E-state index contributed by atoms with van der Waals surface area (Å²) in [7, 11) is 0. The molecule has 2 nitrogen and oxygen atoms in total. The Bertz CT molecular complexity index is 266. The number of aryl methyl sites for hydroxylation is 1. The molecule has 0 saturated heterocycles. The van der Waals surface area contributed by atoms with Crippen LogP contribution in [0.25, 0.3) is 0 Å². The van der Waals surface area contributed by atoms with Crippen molar-refractivity contribution in [3.05, 3.63) is 23.8 Å². The van der Waals surface area contributed by atoms with Gasteiger partial charge in [0.25, 0.3) is 0 Å². The van der Waals surface area contributed by atoms with Gasteiger partial charge in [-0.15, -0.1) is 0 Å². The van der Waals surface area contributed by atoms with Crippen LogP contribution in [0.15, 0.2) is 18.2 Å². The molecule has 1 aromatic rings. The molecule has 0 aliphatic heterocycles. The van der Waals surface area contributed by atoms with Gasteiger partial charge in [-0.25, -0.2) is 0 Å². The molecule has 1 rings (SSSR count). The van der Waals surface area contributed by atoms with Gasteiger partial charge in [0.2, 0.25) is 0 Å². The van der Waals surface area contributed by atoms with Crippen molar-refractivity contribution in [2.75, 3.05) is 18.6 Å². The number of rotatable bonds is 5. The molecule has 0 aromatic heterocycles. The minimum Gasteiger partial charge on any atom is -0.508 e. The van der Waals surface area contributed by atoms with Gasteiger partial charge in [-0.2, -0.15) is 11.8 Å². The second kappa shape index (κ2) is 5.81. The van der Waals surface area contributed by atoms with Gasteiger partial charge in [0.1, 0.15) is 11.5 Å². The number of hydrogen-bond acceptors (Lipinski definition) is 3. The summed E-state index contributed by atoms with van der Waals surface area (Å²) in [5, 5.41) is 9.31. The van der Waals surface area contributed by atoms with Crippen molar-refractivity contribution in [1.82, 2.24) is 0 Å². The number of benzene rings is 1. The minimum absolute atomic E-state index is 0.268. The lowest BCUT2D eigenvalue weighted by atomic mass is 10.2. The zero-order chi connectivity index (χ0) is 10.4. The fourth-order valence-electron chi connectivity index (χ4n) is 1.21. The first-order valence-corrected chi connectivity index (χ1v) is 6.04. The third kappa shape index (κ3) is 3.92. The summed E-state index contributed by atoms with van der Waals surface area (Å²) >= 11 is 1.81. The Labute approximate surface area is 89.3 Å². The molecular weight excluding hydrogens is 196 g/mol. The molecule has 78 valence electrons. The molecule has 14 heavy (non-hydrogen) atoms. The Kier molecular flexibility index (Phi) is 4.66. The summed E-state index contributed by atoms with van der Waals surface area (Å²) in [6.45, 7) is 2.65. The molecule has 1 aromatic carbocycles. The van der Waals surface area contributed by atoms with Crippen molar-refractivity contribution in [2.45, 2.75) is 13.3 Å². The van der Waals surface area contributed by atoms with Crippen LogP contribution in [0.4, 0.5) is 0 Å². The van der Waals surface area contributed by atoms with Crippen LogP contribution in [-0.2, 0) is 0 Å². The molecule has 0 spiro atoms. The highest BCUT2D eigenvalue weighted by Gasteiger charge is 1.97. The SMILES string of the molecule is CSCCCOc1cc(C)cc(O)c1. The van der Waals surface area contributed by atoms with Crippen molar-refractivity contribution in [3.63, 3.8) is 0 Å². The second-order valence-corrected chi connectivity index (χ2v) is 4.18. The molecule has 1 N–H and O–H groups in total. The Balaban J connectivity index is 2.42. The first kappa shape index (κ1) is 11.2. The van der Waals surface area contributed by atoms with Crippen molar-refractivity contribution >= 4 is 11.8 Å². The Morgan fingerprint density at radius 2 is 2.14 bits per heavy atom. The normalized spacial score (nSPS) is 10.1. The number of aromatic hydroxyl groups is 1. The smallest absolute Gasteiger partial charge is 0.123 e. The fraction of sp³-hybridized carbons (Fsp3) is 0.455. The van der Waals surface area contributed by atoms with Gasteiger partial charge in [-0.3, -0.25) is 0 Å². The van der Waals surface area contributed by atoms with Crippen LogP contribution in [0.2, 0.25) is 0 Å². The van der Waals surface area contributed by atoms with Crippen LogP contribution in [0.3, 0.4) is 0 Å². The van der Waals surface area contributed by atoms with Crippen molar-refractivity contribution < 1.29 is 9.84 Å². The van der Waals surface area contributed by atoms with Gasteiger partial charge in [-0.1, -0.05) is 0 Å². The van der Waals surface area contributed by atoms with Gasteiger partial charge in [-0.05, 0) is 43.0 Å². The fourth-order valence-corrected chi connectivity index (χ4v) is 1.61. The third-order valence-corrected chi connectivity index (χ3v) is 2.49. The van der Waals surface area contributed by atoms with Crippen molar-refractivity contribution in [1.29, 1.82) is 0 Å². The lowest BCUT2D eigenvalue weighted by Crippen LogP contribution is -1.98. The van der Waals surface area contributed by atoms with Gasteiger partial charge in [0, 0.05) is 6.07 Å². The van der Waals surface area contributed by atoms with E-state index in [0.717, 1.165) is 23.5 Å². The van der Waals surface area contributed by atoms with E-state index in [1.54, 1.807) is 12.1 Å². The highest BCUT2D eigenvalue weighted by molar-refractivity contribution is 7.98. The number of ether oxygens (including phenoxy) is 1. The molecular formula is C11H16O2S. The zero-order valence-corrected chi connectivity index (χ0v) is 9.43. The van der Waals surface area contributed by atoms with Crippen LogP contribution in [0.1, 0.15) is 12.0 Å².